The minimum absolute atomic E-state index is 0. The Hall–Kier alpha value is -2.79. The maximum absolute atomic E-state index is 12.6. The highest BCUT2D eigenvalue weighted by atomic mass is 32.1. The van der Waals surface area contributed by atoms with Gasteiger partial charge in [-0.15, -0.1) is 0 Å². The van der Waals surface area contributed by atoms with Crippen molar-refractivity contribution in [2.24, 2.45) is 0 Å². The number of Topliss-reactive ketones (excluding diaryl/α,β-unsaturated/α-hetero) is 1. The van der Waals surface area contributed by atoms with Crippen molar-refractivity contribution in [2.45, 2.75) is 44.2 Å². The minimum atomic E-state index is -1.46. The molecule has 0 spiro atoms. The molecular weight excluding hydrogens is 436 g/mol. The zero-order valence-electron chi connectivity index (χ0n) is 19.0. The summed E-state index contributed by atoms with van der Waals surface area (Å²) < 4.78 is 0. The maximum atomic E-state index is 12.6. The number of likely N-dealkylation sites (tertiary alicyclic amines) is 1. The molecule has 0 aromatic heterocycles. The van der Waals surface area contributed by atoms with E-state index in [0.29, 0.717) is 19.0 Å². The summed E-state index contributed by atoms with van der Waals surface area (Å²) >= 11 is 0. The standard InChI is InChI=1S/C26H30N2O4.H2S/c1-26(2,32)24(23(30)18-29)27-25(31)28-16-14-22(15-17-28)21-12-10-20(11-13-21)9-8-19-6-4-3-5-7-19;/h3-7,10-13,22,24,29,32H,14-18H2,1-2H3,(H,27,31);1H2/t24-;/m0./s1. The molecule has 2 aromatic carbocycles. The maximum Gasteiger partial charge on any atom is 0.318 e. The number of carbonyl (C=O) groups excluding carboxylic acids is 2. The van der Waals surface area contributed by atoms with E-state index >= 15 is 0 Å². The second kappa shape index (κ2) is 11.9. The molecule has 1 aliphatic rings. The largest absolute Gasteiger partial charge is 0.388 e. The first-order valence-electron chi connectivity index (χ1n) is 10.9. The monoisotopic (exact) mass is 468 g/mol. The Morgan fingerprint density at radius 3 is 2.09 bits per heavy atom. The highest BCUT2D eigenvalue weighted by Gasteiger charge is 2.35. The molecule has 6 nitrogen and oxygen atoms in total. The molecular formula is C26H32N2O4S. The van der Waals surface area contributed by atoms with Crippen LogP contribution in [0.15, 0.2) is 54.6 Å². The quantitative estimate of drug-likeness (QED) is 0.589. The number of benzene rings is 2. The van der Waals surface area contributed by atoms with Gasteiger partial charge in [0.15, 0.2) is 5.78 Å². The van der Waals surface area contributed by atoms with Crippen molar-refractivity contribution in [1.82, 2.24) is 10.2 Å². The van der Waals surface area contributed by atoms with Gasteiger partial charge in [0.1, 0.15) is 12.6 Å². The molecule has 0 radical (unpaired) electrons. The van der Waals surface area contributed by atoms with Crippen LogP contribution in [-0.2, 0) is 4.79 Å². The Morgan fingerprint density at radius 2 is 1.58 bits per heavy atom. The van der Waals surface area contributed by atoms with Crippen LogP contribution in [0.5, 0.6) is 0 Å². The molecule has 7 heteroatoms. The number of ketones is 1. The first-order valence-corrected chi connectivity index (χ1v) is 10.9. The van der Waals surface area contributed by atoms with Crippen molar-refractivity contribution >= 4 is 25.3 Å². The number of aliphatic hydroxyl groups excluding tert-OH is 1. The molecule has 1 saturated heterocycles. The summed E-state index contributed by atoms with van der Waals surface area (Å²) in [6, 6.07) is 16.6. The van der Waals surface area contributed by atoms with Crippen LogP contribution in [0.3, 0.4) is 0 Å². The summed E-state index contributed by atoms with van der Waals surface area (Å²) in [5.74, 6) is 6.07. The summed E-state index contributed by atoms with van der Waals surface area (Å²) in [7, 11) is 0. The topological polar surface area (TPSA) is 89.9 Å². The number of urea groups is 1. The summed E-state index contributed by atoms with van der Waals surface area (Å²) in [5, 5.41) is 21.9. The normalized spacial score (nSPS) is 15.0. The van der Waals surface area contributed by atoms with E-state index in [1.807, 2.05) is 42.5 Å². The predicted molar refractivity (Wildman–Crippen MR) is 134 cm³/mol. The predicted octanol–water partition coefficient (Wildman–Crippen LogP) is 2.79. The first-order chi connectivity index (χ1) is 15.3. The van der Waals surface area contributed by atoms with Crippen molar-refractivity contribution in [3.8, 4) is 11.8 Å². The fourth-order valence-corrected chi connectivity index (χ4v) is 3.88. The van der Waals surface area contributed by atoms with Crippen molar-refractivity contribution in [3.05, 3.63) is 71.3 Å². The van der Waals surface area contributed by atoms with Crippen LogP contribution < -0.4 is 5.32 Å². The number of hydrogen-bond donors (Lipinski definition) is 3. The van der Waals surface area contributed by atoms with E-state index in [4.69, 9.17) is 5.11 Å². The molecule has 2 aromatic rings. The molecule has 3 N–H and O–H groups in total. The lowest BCUT2D eigenvalue weighted by atomic mass is 9.89. The number of aliphatic hydroxyl groups is 2. The van der Waals surface area contributed by atoms with Crippen LogP contribution in [0.2, 0.25) is 0 Å². The number of rotatable bonds is 5. The lowest BCUT2D eigenvalue weighted by Crippen LogP contribution is -2.58. The lowest BCUT2D eigenvalue weighted by molar-refractivity contribution is -0.129. The summed E-state index contributed by atoms with van der Waals surface area (Å²) in [5.41, 5.74) is 1.70. The third kappa shape index (κ3) is 7.36. The van der Waals surface area contributed by atoms with Crippen molar-refractivity contribution in [2.75, 3.05) is 19.7 Å². The number of nitrogens with one attached hydrogen (secondary N) is 1. The Kier molecular flexibility index (Phi) is 9.54. The van der Waals surface area contributed by atoms with Gasteiger partial charge in [0, 0.05) is 24.2 Å². The van der Waals surface area contributed by atoms with Gasteiger partial charge in [-0.2, -0.15) is 13.5 Å². The second-order valence-electron chi connectivity index (χ2n) is 8.66. The molecule has 176 valence electrons. The van der Waals surface area contributed by atoms with Gasteiger partial charge in [-0.1, -0.05) is 42.2 Å². The highest BCUT2D eigenvalue weighted by Crippen LogP contribution is 2.28. The average molecular weight is 469 g/mol. The number of hydrogen-bond acceptors (Lipinski definition) is 4. The Bertz CT molecular complexity index is 983. The molecule has 1 aliphatic heterocycles. The van der Waals surface area contributed by atoms with E-state index in [1.54, 1.807) is 4.90 Å². The van der Waals surface area contributed by atoms with Gasteiger partial charge in [-0.25, -0.2) is 4.79 Å². The fraction of sp³-hybridized carbons (Fsp3) is 0.385. The van der Waals surface area contributed by atoms with E-state index in [2.05, 4.69) is 29.3 Å². The van der Waals surface area contributed by atoms with Crippen LogP contribution in [0, 0.1) is 11.8 Å². The minimum Gasteiger partial charge on any atom is -0.388 e. The number of nitrogens with zero attached hydrogens (tertiary/aromatic N) is 1. The van der Waals surface area contributed by atoms with E-state index in [-0.39, 0.29) is 13.5 Å². The third-order valence-corrected chi connectivity index (χ3v) is 5.74. The molecule has 0 saturated carbocycles. The van der Waals surface area contributed by atoms with E-state index in [9.17, 15) is 14.7 Å². The third-order valence-electron chi connectivity index (χ3n) is 5.74. The van der Waals surface area contributed by atoms with Gasteiger partial charge in [-0.05, 0) is 62.4 Å². The van der Waals surface area contributed by atoms with Crippen molar-refractivity contribution in [1.29, 1.82) is 0 Å². The van der Waals surface area contributed by atoms with Crippen molar-refractivity contribution < 1.29 is 19.8 Å². The molecule has 3 rings (SSSR count). The summed E-state index contributed by atoms with van der Waals surface area (Å²) in [6.07, 6.45) is 1.62. The van der Waals surface area contributed by atoms with Gasteiger partial charge in [0.05, 0.1) is 5.60 Å². The van der Waals surface area contributed by atoms with Crippen LogP contribution in [-0.4, -0.2) is 58.3 Å². The van der Waals surface area contributed by atoms with Crippen LogP contribution in [0.4, 0.5) is 4.79 Å². The smallest absolute Gasteiger partial charge is 0.318 e. The molecule has 1 heterocycles. The Labute approximate surface area is 202 Å². The number of amides is 2. The fourth-order valence-electron chi connectivity index (χ4n) is 3.88. The molecule has 0 bridgehead atoms. The molecule has 33 heavy (non-hydrogen) atoms. The average Bonchev–Trinajstić information content (AvgIpc) is 2.81. The zero-order valence-corrected chi connectivity index (χ0v) is 20.0. The van der Waals surface area contributed by atoms with Gasteiger partial charge >= 0.3 is 6.03 Å². The van der Waals surface area contributed by atoms with Gasteiger partial charge in [0.2, 0.25) is 0 Å². The molecule has 1 fully saturated rings. The molecule has 1 atom stereocenters. The highest BCUT2D eigenvalue weighted by molar-refractivity contribution is 7.59. The first kappa shape index (κ1) is 26.5. The van der Waals surface area contributed by atoms with Crippen LogP contribution in [0.25, 0.3) is 0 Å². The SMILES string of the molecule is CC(C)(O)[C@@H](NC(=O)N1CCC(c2ccc(C#Cc3ccccc3)cc2)CC1)C(=O)CO.S. The molecule has 0 unspecified atom stereocenters. The Balaban J connectivity index is 0.00000385. The Morgan fingerprint density at radius 1 is 1.03 bits per heavy atom. The van der Waals surface area contributed by atoms with Gasteiger partial charge < -0.3 is 20.4 Å². The van der Waals surface area contributed by atoms with Crippen LogP contribution >= 0.6 is 13.5 Å². The van der Waals surface area contributed by atoms with Crippen LogP contribution in [0.1, 0.15) is 49.3 Å². The van der Waals surface area contributed by atoms with Crippen molar-refractivity contribution in [3.63, 3.8) is 0 Å². The van der Waals surface area contributed by atoms with E-state index in [0.717, 1.165) is 24.0 Å². The summed E-state index contributed by atoms with van der Waals surface area (Å²) in [4.78, 5) is 26.2. The molecule has 2 amide bonds. The lowest BCUT2D eigenvalue weighted by Gasteiger charge is -2.35. The van der Waals surface area contributed by atoms with Gasteiger partial charge in [0.25, 0.3) is 0 Å². The summed E-state index contributed by atoms with van der Waals surface area (Å²) in [6.45, 7) is 3.25. The number of piperidine rings is 1. The number of carbonyl (C=O) groups is 2. The van der Waals surface area contributed by atoms with Gasteiger partial charge in [-0.3, -0.25) is 4.79 Å². The van der Waals surface area contributed by atoms with E-state index < -0.39 is 30.1 Å². The second-order valence-corrected chi connectivity index (χ2v) is 8.66. The van der Waals surface area contributed by atoms with E-state index in [1.165, 1.54) is 19.4 Å². The molecule has 0 aliphatic carbocycles. The zero-order chi connectivity index (χ0) is 23.1.